The molecule has 0 bridgehead atoms. The Morgan fingerprint density at radius 3 is 2.50 bits per heavy atom. The summed E-state index contributed by atoms with van der Waals surface area (Å²) in [5.41, 5.74) is 0.497. The third-order valence-corrected chi connectivity index (χ3v) is 4.11. The second kappa shape index (κ2) is 5.40. The number of benzene rings is 1. The minimum absolute atomic E-state index is 0.126. The first kappa shape index (κ1) is 14.8. The molecule has 1 aromatic carbocycles. The maximum atomic E-state index is 13.3. The molecule has 1 aliphatic rings. The number of halogens is 2. The number of amides is 2. The highest BCUT2D eigenvalue weighted by molar-refractivity contribution is 6.31. The predicted molar refractivity (Wildman–Crippen MR) is 73.7 cm³/mol. The van der Waals surface area contributed by atoms with Gasteiger partial charge in [-0.05, 0) is 37.6 Å². The van der Waals surface area contributed by atoms with Gasteiger partial charge in [0, 0.05) is 18.6 Å². The molecule has 0 spiro atoms. The average molecular weight is 299 g/mol. The predicted octanol–water partition coefficient (Wildman–Crippen LogP) is 2.06. The minimum atomic E-state index is -0.581. The van der Waals surface area contributed by atoms with Gasteiger partial charge in [-0.2, -0.15) is 0 Å². The summed E-state index contributed by atoms with van der Waals surface area (Å²) in [6, 6.07) is 2.89. The van der Waals surface area contributed by atoms with E-state index in [4.69, 9.17) is 11.6 Å². The van der Waals surface area contributed by atoms with Crippen LogP contribution in [-0.2, 0) is 16.1 Å². The van der Waals surface area contributed by atoms with Crippen LogP contribution in [0.5, 0.6) is 0 Å². The Hall–Kier alpha value is -1.62. The van der Waals surface area contributed by atoms with Crippen molar-refractivity contribution in [3.8, 4) is 0 Å². The van der Waals surface area contributed by atoms with E-state index in [2.05, 4.69) is 0 Å². The van der Waals surface area contributed by atoms with Crippen LogP contribution in [0.4, 0.5) is 4.39 Å². The fraction of sp³-hybridized carbons (Fsp3) is 0.429. The van der Waals surface area contributed by atoms with Crippen LogP contribution in [0.25, 0.3) is 0 Å². The molecule has 1 fully saturated rings. The smallest absolute Gasteiger partial charge is 0.246 e. The van der Waals surface area contributed by atoms with Crippen molar-refractivity contribution in [2.45, 2.75) is 32.5 Å². The van der Waals surface area contributed by atoms with Crippen LogP contribution in [0, 0.1) is 5.82 Å². The summed E-state index contributed by atoms with van der Waals surface area (Å²) < 4.78 is 13.3. The van der Waals surface area contributed by atoms with E-state index in [1.54, 1.807) is 20.9 Å². The van der Waals surface area contributed by atoms with E-state index in [9.17, 15) is 14.0 Å². The molecule has 2 amide bonds. The maximum absolute atomic E-state index is 13.3. The lowest BCUT2D eigenvalue weighted by Crippen LogP contribution is -2.61. The van der Waals surface area contributed by atoms with Crippen LogP contribution in [0.2, 0.25) is 5.02 Å². The molecule has 0 saturated carbocycles. The van der Waals surface area contributed by atoms with Crippen molar-refractivity contribution < 1.29 is 14.0 Å². The lowest BCUT2D eigenvalue weighted by atomic mass is 10.1. The molecule has 0 aromatic heterocycles. The zero-order valence-corrected chi connectivity index (χ0v) is 12.3. The Morgan fingerprint density at radius 1 is 1.20 bits per heavy atom. The molecular weight excluding hydrogens is 283 g/mol. The molecule has 0 unspecified atom stereocenters. The summed E-state index contributed by atoms with van der Waals surface area (Å²) in [5.74, 6) is -0.720. The highest BCUT2D eigenvalue weighted by Gasteiger charge is 2.39. The van der Waals surface area contributed by atoms with Crippen molar-refractivity contribution in [2.75, 3.05) is 7.05 Å². The van der Waals surface area contributed by atoms with Gasteiger partial charge in [0.05, 0.1) is 0 Å². The van der Waals surface area contributed by atoms with Gasteiger partial charge in [0.2, 0.25) is 11.8 Å². The van der Waals surface area contributed by atoms with Crippen molar-refractivity contribution in [2.24, 2.45) is 0 Å². The Balaban J connectivity index is 2.29. The van der Waals surface area contributed by atoms with Crippen LogP contribution in [-0.4, -0.2) is 40.7 Å². The molecule has 6 heteroatoms. The van der Waals surface area contributed by atoms with E-state index in [-0.39, 0.29) is 18.4 Å². The molecular formula is C14H16ClFN2O2. The molecule has 1 aliphatic heterocycles. The number of carbonyl (C=O) groups excluding carboxylic acids is 2. The molecule has 4 nitrogen and oxygen atoms in total. The van der Waals surface area contributed by atoms with Crippen LogP contribution >= 0.6 is 11.6 Å². The van der Waals surface area contributed by atoms with Crippen LogP contribution in [0.3, 0.4) is 0 Å². The molecule has 2 atom stereocenters. The summed E-state index contributed by atoms with van der Waals surface area (Å²) in [6.07, 6.45) is 0. The number of hydrogen-bond acceptors (Lipinski definition) is 2. The number of carbonyl (C=O) groups is 2. The molecule has 1 saturated heterocycles. The molecule has 0 N–H and O–H groups in total. The van der Waals surface area contributed by atoms with Gasteiger partial charge in [-0.25, -0.2) is 4.39 Å². The van der Waals surface area contributed by atoms with Gasteiger partial charge in [-0.15, -0.1) is 0 Å². The quantitative estimate of drug-likeness (QED) is 0.838. The Bertz CT molecular complexity index is 564. The lowest BCUT2D eigenvalue weighted by Gasteiger charge is -2.41. The zero-order valence-electron chi connectivity index (χ0n) is 11.6. The number of likely N-dealkylation sites (N-methyl/N-ethyl adjacent to an activating group) is 1. The van der Waals surface area contributed by atoms with Crippen LogP contribution in [0.1, 0.15) is 19.4 Å². The minimum Gasteiger partial charge on any atom is -0.332 e. The number of hydrogen-bond donors (Lipinski definition) is 0. The monoisotopic (exact) mass is 298 g/mol. The third kappa shape index (κ3) is 2.50. The second-order valence-electron chi connectivity index (χ2n) is 5.00. The van der Waals surface area contributed by atoms with E-state index in [1.165, 1.54) is 28.0 Å². The standard InChI is InChI=1S/C14H16ClFN2O2/c1-8-14(20)18(9(2)13(19)17(8)3)7-10-6-11(16)4-5-12(10)15/h4-6,8-9H,7H2,1-3H3/t8-,9-/m0/s1. The molecule has 1 aromatic rings. The maximum Gasteiger partial charge on any atom is 0.246 e. The SMILES string of the molecule is C[C@H]1C(=O)N(Cc2cc(F)ccc2Cl)[C@@H](C)C(=O)N1C. The van der Waals surface area contributed by atoms with E-state index in [1.807, 2.05) is 0 Å². The molecule has 0 aliphatic carbocycles. The summed E-state index contributed by atoms with van der Waals surface area (Å²) in [5, 5.41) is 0.380. The lowest BCUT2D eigenvalue weighted by molar-refractivity contribution is -0.159. The first-order valence-corrected chi connectivity index (χ1v) is 6.71. The van der Waals surface area contributed by atoms with Crippen molar-refractivity contribution in [3.05, 3.63) is 34.6 Å². The fourth-order valence-electron chi connectivity index (χ4n) is 2.28. The summed E-state index contributed by atoms with van der Waals surface area (Å²) >= 11 is 6.01. The third-order valence-electron chi connectivity index (χ3n) is 3.74. The average Bonchev–Trinajstić information content (AvgIpc) is 2.43. The van der Waals surface area contributed by atoms with E-state index >= 15 is 0 Å². The van der Waals surface area contributed by atoms with E-state index in [0.717, 1.165) is 0 Å². The zero-order chi connectivity index (χ0) is 15.0. The fourth-order valence-corrected chi connectivity index (χ4v) is 2.46. The van der Waals surface area contributed by atoms with Crippen LogP contribution < -0.4 is 0 Å². The number of rotatable bonds is 2. The Morgan fingerprint density at radius 2 is 1.85 bits per heavy atom. The molecule has 20 heavy (non-hydrogen) atoms. The molecule has 2 rings (SSSR count). The topological polar surface area (TPSA) is 40.6 Å². The summed E-state index contributed by atoms with van der Waals surface area (Å²) in [7, 11) is 1.61. The second-order valence-corrected chi connectivity index (χ2v) is 5.41. The van der Waals surface area contributed by atoms with E-state index < -0.39 is 17.9 Å². The number of piperazine rings is 1. The van der Waals surface area contributed by atoms with Crippen molar-refractivity contribution in [1.82, 2.24) is 9.80 Å². The van der Waals surface area contributed by atoms with Gasteiger partial charge < -0.3 is 9.80 Å². The molecule has 1 heterocycles. The molecule has 108 valence electrons. The van der Waals surface area contributed by atoms with Gasteiger partial charge in [-0.1, -0.05) is 11.6 Å². The first-order chi connectivity index (χ1) is 9.32. The summed E-state index contributed by atoms with van der Waals surface area (Å²) in [6.45, 7) is 3.46. The Labute approximate surface area is 122 Å². The van der Waals surface area contributed by atoms with Crippen molar-refractivity contribution in [3.63, 3.8) is 0 Å². The highest BCUT2D eigenvalue weighted by atomic mass is 35.5. The Kier molecular flexibility index (Phi) is 3.99. The largest absolute Gasteiger partial charge is 0.332 e. The van der Waals surface area contributed by atoms with Crippen LogP contribution in [0.15, 0.2) is 18.2 Å². The van der Waals surface area contributed by atoms with Gasteiger partial charge >= 0.3 is 0 Å². The van der Waals surface area contributed by atoms with E-state index in [0.29, 0.717) is 10.6 Å². The van der Waals surface area contributed by atoms with Gasteiger partial charge in [0.25, 0.3) is 0 Å². The normalized spacial score (nSPS) is 23.4. The van der Waals surface area contributed by atoms with Gasteiger partial charge in [0.1, 0.15) is 17.9 Å². The van der Waals surface area contributed by atoms with Crippen molar-refractivity contribution >= 4 is 23.4 Å². The van der Waals surface area contributed by atoms with Crippen molar-refractivity contribution in [1.29, 1.82) is 0 Å². The van der Waals surface area contributed by atoms with Gasteiger partial charge in [-0.3, -0.25) is 9.59 Å². The summed E-state index contributed by atoms with van der Waals surface area (Å²) in [4.78, 5) is 27.2. The van der Waals surface area contributed by atoms with Gasteiger partial charge in [0.15, 0.2) is 0 Å². The number of nitrogens with zero attached hydrogens (tertiary/aromatic N) is 2. The molecule has 0 radical (unpaired) electrons. The first-order valence-electron chi connectivity index (χ1n) is 6.34. The highest BCUT2D eigenvalue weighted by Crippen LogP contribution is 2.23.